The lowest BCUT2D eigenvalue weighted by molar-refractivity contribution is -0.113. The number of para-hydroxylation sites is 1. The summed E-state index contributed by atoms with van der Waals surface area (Å²) >= 11 is 5.43. The van der Waals surface area contributed by atoms with Gasteiger partial charge < -0.3 is 10.1 Å². The molecule has 1 rings (SSSR count). The summed E-state index contributed by atoms with van der Waals surface area (Å²) in [7, 11) is 0. The molecule has 82 valence electrons. The predicted octanol–water partition coefficient (Wildman–Crippen LogP) is 2.57. The van der Waals surface area contributed by atoms with E-state index in [1.165, 1.54) is 0 Å². The van der Waals surface area contributed by atoms with Gasteiger partial charge in [-0.1, -0.05) is 12.1 Å². The van der Waals surface area contributed by atoms with E-state index in [1.807, 2.05) is 32.0 Å². The maximum Gasteiger partial charge on any atom is 0.239 e. The fraction of sp³-hybridized carbons (Fsp3) is 0.364. The van der Waals surface area contributed by atoms with Crippen molar-refractivity contribution in [1.82, 2.24) is 0 Å². The van der Waals surface area contributed by atoms with E-state index in [4.69, 9.17) is 16.3 Å². The van der Waals surface area contributed by atoms with Gasteiger partial charge in [0.1, 0.15) is 11.6 Å². The van der Waals surface area contributed by atoms with Crippen molar-refractivity contribution in [2.75, 3.05) is 17.8 Å². The number of amides is 1. The van der Waals surface area contributed by atoms with Crippen molar-refractivity contribution in [3.05, 3.63) is 23.8 Å². The first kappa shape index (κ1) is 11.9. The molecule has 0 saturated carbocycles. The number of anilines is 1. The lowest BCUT2D eigenvalue weighted by Gasteiger charge is -2.13. The standard InChI is InChI=1S/C11H14ClNO2/c1-3-15-9-6-4-5-8(2)11(9)13-10(14)7-12/h4-6H,3,7H2,1-2H3,(H,13,14). The normalized spacial score (nSPS) is 9.80. The van der Waals surface area contributed by atoms with Crippen LogP contribution in [0, 0.1) is 6.92 Å². The zero-order chi connectivity index (χ0) is 11.3. The number of alkyl halides is 1. The molecular weight excluding hydrogens is 214 g/mol. The molecule has 3 nitrogen and oxygen atoms in total. The SMILES string of the molecule is CCOc1cccc(C)c1NC(=O)CCl. The van der Waals surface area contributed by atoms with Crippen LogP contribution in [0.4, 0.5) is 5.69 Å². The number of carbonyl (C=O) groups is 1. The zero-order valence-corrected chi connectivity index (χ0v) is 9.60. The van der Waals surface area contributed by atoms with E-state index >= 15 is 0 Å². The molecule has 15 heavy (non-hydrogen) atoms. The summed E-state index contributed by atoms with van der Waals surface area (Å²) in [6, 6.07) is 5.61. The molecule has 0 aliphatic carbocycles. The summed E-state index contributed by atoms with van der Waals surface area (Å²) in [6.45, 7) is 4.37. The van der Waals surface area contributed by atoms with Crippen molar-refractivity contribution in [3.63, 3.8) is 0 Å². The first-order valence-corrected chi connectivity index (χ1v) is 5.30. The Kier molecular flexibility index (Phi) is 4.43. The van der Waals surface area contributed by atoms with Crippen LogP contribution < -0.4 is 10.1 Å². The average Bonchev–Trinajstić information content (AvgIpc) is 2.23. The molecule has 1 N–H and O–H groups in total. The second-order valence-electron chi connectivity index (χ2n) is 3.06. The van der Waals surface area contributed by atoms with Gasteiger partial charge in [-0.3, -0.25) is 4.79 Å². The Morgan fingerprint density at radius 3 is 2.87 bits per heavy atom. The van der Waals surface area contributed by atoms with Crippen LogP contribution in [0.15, 0.2) is 18.2 Å². The van der Waals surface area contributed by atoms with Gasteiger partial charge in [-0.2, -0.15) is 0 Å². The molecule has 0 heterocycles. The first-order valence-electron chi connectivity index (χ1n) is 4.77. The Labute approximate surface area is 94.4 Å². The fourth-order valence-electron chi connectivity index (χ4n) is 1.25. The lowest BCUT2D eigenvalue weighted by atomic mass is 10.2. The minimum absolute atomic E-state index is 0.0557. The number of ether oxygens (including phenoxy) is 1. The lowest BCUT2D eigenvalue weighted by Crippen LogP contribution is -2.14. The third kappa shape index (κ3) is 3.13. The van der Waals surface area contributed by atoms with Crippen LogP contribution in [0.2, 0.25) is 0 Å². The number of carbonyl (C=O) groups excluding carboxylic acids is 1. The molecule has 0 saturated heterocycles. The number of benzene rings is 1. The van der Waals surface area contributed by atoms with Gasteiger partial charge in [-0.05, 0) is 25.5 Å². The first-order chi connectivity index (χ1) is 7.19. The van der Waals surface area contributed by atoms with E-state index < -0.39 is 0 Å². The van der Waals surface area contributed by atoms with E-state index in [0.29, 0.717) is 18.0 Å². The quantitative estimate of drug-likeness (QED) is 0.803. The second-order valence-corrected chi connectivity index (χ2v) is 3.33. The van der Waals surface area contributed by atoms with Crippen LogP contribution in [0.3, 0.4) is 0 Å². The van der Waals surface area contributed by atoms with Gasteiger partial charge in [0.15, 0.2) is 0 Å². The van der Waals surface area contributed by atoms with Crippen LogP contribution in [0.25, 0.3) is 0 Å². The van der Waals surface area contributed by atoms with Gasteiger partial charge in [0, 0.05) is 0 Å². The van der Waals surface area contributed by atoms with E-state index in [1.54, 1.807) is 0 Å². The molecular formula is C11H14ClNO2. The van der Waals surface area contributed by atoms with E-state index in [9.17, 15) is 4.79 Å². The predicted molar refractivity (Wildman–Crippen MR) is 61.7 cm³/mol. The highest BCUT2D eigenvalue weighted by Crippen LogP contribution is 2.27. The molecule has 0 aliphatic rings. The van der Waals surface area contributed by atoms with Gasteiger partial charge in [-0.25, -0.2) is 0 Å². The molecule has 0 aromatic heterocycles. The highest BCUT2D eigenvalue weighted by molar-refractivity contribution is 6.29. The molecule has 0 spiro atoms. The molecule has 0 radical (unpaired) electrons. The number of nitrogens with one attached hydrogen (secondary N) is 1. The van der Waals surface area contributed by atoms with Crippen molar-refractivity contribution in [3.8, 4) is 5.75 Å². The molecule has 0 atom stereocenters. The zero-order valence-electron chi connectivity index (χ0n) is 8.84. The fourth-order valence-corrected chi connectivity index (χ4v) is 1.32. The summed E-state index contributed by atoms with van der Waals surface area (Å²) in [4.78, 5) is 11.2. The molecule has 1 amide bonds. The summed E-state index contributed by atoms with van der Waals surface area (Å²) in [5.74, 6) is 0.391. The van der Waals surface area contributed by atoms with Gasteiger partial charge in [-0.15, -0.1) is 11.6 Å². The van der Waals surface area contributed by atoms with Crippen molar-refractivity contribution >= 4 is 23.2 Å². The highest BCUT2D eigenvalue weighted by atomic mass is 35.5. The molecule has 0 bridgehead atoms. The Morgan fingerprint density at radius 2 is 2.27 bits per heavy atom. The maximum atomic E-state index is 11.2. The molecule has 0 unspecified atom stereocenters. The van der Waals surface area contributed by atoms with Gasteiger partial charge in [0.25, 0.3) is 0 Å². The minimum Gasteiger partial charge on any atom is -0.492 e. The van der Waals surface area contributed by atoms with Crippen LogP contribution in [-0.2, 0) is 4.79 Å². The molecule has 0 fully saturated rings. The average molecular weight is 228 g/mol. The number of hydrogen-bond donors (Lipinski definition) is 1. The second kappa shape index (κ2) is 5.61. The van der Waals surface area contributed by atoms with Crippen LogP contribution in [0.5, 0.6) is 5.75 Å². The Balaban J connectivity index is 2.96. The topological polar surface area (TPSA) is 38.3 Å². The minimum atomic E-state index is -0.230. The summed E-state index contributed by atoms with van der Waals surface area (Å²) in [6.07, 6.45) is 0. The van der Waals surface area contributed by atoms with Crippen LogP contribution >= 0.6 is 11.6 Å². The molecule has 0 aliphatic heterocycles. The van der Waals surface area contributed by atoms with E-state index in [0.717, 1.165) is 5.56 Å². The van der Waals surface area contributed by atoms with E-state index in [2.05, 4.69) is 5.32 Å². The Bertz CT molecular complexity index is 352. The van der Waals surface area contributed by atoms with Crippen LogP contribution in [-0.4, -0.2) is 18.4 Å². The van der Waals surface area contributed by atoms with Crippen LogP contribution in [0.1, 0.15) is 12.5 Å². The largest absolute Gasteiger partial charge is 0.492 e. The van der Waals surface area contributed by atoms with E-state index in [-0.39, 0.29) is 11.8 Å². The molecule has 1 aromatic carbocycles. The summed E-state index contributed by atoms with van der Waals surface area (Å²) < 4.78 is 5.41. The smallest absolute Gasteiger partial charge is 0.239 e. The van der Waals surface area contributed by atoms with Gasteiger partial charge in [0.05, 0.1) is 12.3 Å². The van der Waals surface area contributed by atoms with Crippen molar-refractivity contribution in [2.45, 2.75) is 13.8 Å². The number of aryl methyl sites for hydroxylation is 1. The summed E-state index contributed by atoms with van der Waals surface area (Å²) in [5, 5.41) is 2.72. The number of rotatable bonds is 4. The molecule has 4 heteroatoms. The Hall–Kier alpha value is -1.22. The molecule has 1 aromatic rings. The highest BCUT2D eigenvalue weighted by Gasteiger charge is 2.09. The third-order valence-electron chi connectivity index (χ3n) is 1.92. The van der Waals surface area contributed by atoms with Crippen molar-refractivity contribution in [2.24, 2.45) is 0 Å². The van der Waals surface area contributed by atoms with Crippen molar-refractivity contribution < 1.29 is 9.53 Å². The Morgan fingerprint density at radius 1 is 1.53 bits per heavy atom. The monoisotopic (exact) mass is 227 g/mol. The third-order valence-corrected chi connectivity index (χ3v) is 2.16. The van der Waals surface area contributed by atoms with Crippen molar-refractivity contribution in [1.29, 1.82) is 0 Å². The van der Waals surface area contributed by atoms with Gasteiger partial charge >= 0.3 is 0 Å². The van der Waals surface area contributed by atoms with Gasteiger partial charge in [0.2, 0.25) is 5.91 Å². The number of hydrogen-bond acceptors (Lipinski definition) is 2. The maximum absolute atomic E-state index is 11.2. The number of halogens is 1. The summed E-state index contributed by atoms with van der Waals surface area (Å²) in [5.41, 5.74) is 1.66.